The summed E-state index contributed by atoms with van der Waals surface area (Å²) in [6, 6.07) is 12.6. The minimum Gasteiger partial charge on any atom is -0.479 e. The van der Waals surface area contributed by atoms with Gasteiger partial charge in [-0.15, -0.1) is 0 Å². The van der Waals surface area contributed by atoms with Crippen molar-refractivity contribution in [1.82, 2.24) is 9.47 Å². The normalized spacial score (nSPS) is 19.9. The molecular weight excluding hydrogens is 262 g/mol. The number of likely N-dealkylation sites (tertiary alicyclic amines) is 1. The summed E-state index contributed by atoms with van der Waals surface area (Å²) >= 11 is 0. The first-order valence-corrected chi connectivity index (χ1v) is 7.62. The lowest BCUT2D eigenvalue weighted by atomic mass is 9.86. The smallest absolute Gasteiger partial charge is 0.152 e. The van der Waals surface area contributed by atoms with Crippen molar-refractivity contribution in [2.45, 2.75) is 25.0 Å². The monoisotopic (exact) mass is 283 g/mol. The second-order valence-electron chi connectivity index (χ2n) is 6.12. The molecule has 4 rings (SSSR count). The van der Waals surface area contributed by atoms with Gasteiger partial charge in [-0.2, -0.15) is 0 Å². The number of ether oxygens (including phenoxy) is 1. The molecule has 1 saturated heterocycles. The Hall–Kier alpha value is -1.78. The molecule has 2 N–H and O–H groups in total. The van der Waals surface area contributed by atoms with E-state index in [1.807, 2.05) is 6.07 Å². The molecule has 0 unspecified atom stereocenters. The van der Waals surface area contributed by atoms with Crippen LogP contribution in [0.1, 0.15) is 24.2 Å². The molecule has 1 aromatic heterocycles. The molecule has 110 valence electrons. The Balaban J connectivity index is 1.90. The summed E-state index contributed by atoms with van der Waals surface area (Å²) in [6.45, 7) is 2.67. The molecule has 1 aromatic carbocycles. The second-order valence-corrected chi connectivity index (χ2v) is 6.12. The molecule has 0 aliphatic carbocycles. The van der Waals surface area contributed by atoms with Crippen molar-refractivity contribution in [2.24, 2.45) is 5.73 Å². The molecule has 4 nitrogen and oxygen atoms in total. The molecule has 0 amide bonds. The lowest BCUT2D eigenvalue weighted by Crippen LogP contribution is -2.47. The fraction of sp³-hybridized carbons (Fsp3) is 0.412. The molecule has 0 atom stereocenters. The third kappa shape index (κ3) is 1.83. The first-order valence-electron chi connectivity index (χ1n) is 7.62. The summed E-state index contributed by atoms with van der Waals surface area (Å²) in [5.41, 5.74) is 9.27. The van der Waals surface area contributed by atoms with Crippen LogP contribution in [0.5, 0.6) is 5.75 Å². The number of para-hydroxylation sites is 2. The van der Waals surface area contributed by atoms with E-state index in [-0.39, 0.29) is 5.60 Å². The summed E-state index contributed by atoms with van der Waals surface area (Å²) in [5, 5.41) is 0. The molecule has 0 radical (unpaired) electrons. The highest BCUT2D eigenvalue weighted by Crippen LogP contribution is 2.45. The number of rotatable bonds is 1. The van der Waals surface area contributed by atoms with Gasteiger partial charge in [0, 0.05) is 38.2 Å². The molecular formula is C17H21N3O. The van der Waals surface area contributed by atoms with Crippen LogP contribution in [-0.4, -0.2) is 29.6 Å². The third-order valence-electron chi connectivity index (χ3n) is 4.84. The highest BCUT2D eigenvalue weighted by atomic mass is 16.5. The van der Waals surface area contributed by atoms with Gasteiger partial charge in [-0.3, -0.25) is 0 Å². The van der Waals surface area contributed by atoms with Gasteiger partial charge in [0.05, 0.1) is 11.4 Å². The van der Waals surface area contributed by atoms with Crippen LogP contribution in [-0.2, 0) is 12.1 Å². The lowest BCUT2D eigenvalue weighted by molar-refractivity contribution is -0.00732. The van der Waals surface area contributed by atoms with Crippen LogP contribution in [0, 0.1) is 0 Å². The van der Waals surface area contributed by atoms with Crippen molar-refractivity contribution in [3.63, 3.8) is 0 Å². The predicted molar refractivity (Wildman–Crippen MR) is 82.7 cm³/mol. The van der Waals surface area contributed by atoms with Gasteiger partial charge in [0.1, 0.15) is 5.75 Å². The molecule has 0 saturated carbocycles. The highest BCUT2D eigenvalue weighted by Gasteiger charge is 2.43. The van der Waals surface area contributed by atoms with E-state index in [1.165, 1.54) is 5.69 Å². The minimum atomic E-state index is -0.200. The van der Waals surface area contributed by atoms with E-state index in [9.17, 15) is 0 Å². The number of hydrogen-bond acceptors (Lipinski definition) is 3. The number of piperidine rings is 1. The standard InChI is InChI=1S/C17H21N3O/c1-19-10-8-17(9-11-19)16-7-6-13(12-18)20(16)14-4-2-3-5-15(14)21-17/h2-7H,8-12,18H2,1H3. The van der Waals surface area contributed by atoms with Crippen LogP contribution in [0.4, 0.5) is 0 Å². The van der Waals surface area contributed by atoms with Crippen molar-refractivity contribution in [3.8, 4) is 11.4 Å². The van der Waals surface area contributed by atoms with Gasteiger partial charge in [0.25, 0.3) is 0 Å². The minimum absolute atomic E-state index is 0.200. The molecule has 2 aliphatic heterocycles. The molecule has 3 heterocycles. The van der Waals surface area contributed by atoms with E-state index in [1.54, 1.807) is 0 Å². The first kappa shape index (κ1) is 12.9. The van der Waals surface area contributed by atoms with Gasteiger partial charge in [-0.05, 0) is 31.3 Å². The van der Waals surface area contributed by atoms with Gasteiger partial charge < -0.3 is 19.9 Å². The number of aromatic nitrogens is 1. The van der Waals surface area contributed by atoms with Crippen LogP contribution < -0.4 is 10.5 Å². The Morgan fingerprint density at radius 3 is 2.67 bits per heavy atom. The zero-order valence-corrected chi connectivity index (χ0v) is 12.4. The number of fused-ring (bicyclic) bond motifs is 4. The Morgan fingerprint density at radius 1 is 1.14 bits per heavy atom. The van der Waals surface area contributed by atoms with E-state index < -0.39 is 0 Å². The fourth-order valence-electron chi connectivity index (χ4n) is 3.61. The number of hydrogen-bond donors (Lipinski definition) is 1. The van der Waals surface area contributed by atoms with Crippen LogP contribution >= 0.6 is 0 Å². The summed E-state index contributed by atoms with van der Waals surface area (Å²) in [6.07, 6.45) is 2.04. The molecule has 2 aliphatic rings. The quantitative estimate of drug-likeness (QED) is 0.873. The van der Waals surface area contributed by atoms with Crippen molar-refractivity contribution in [1.29, 1.82) is 0 Å². The zero-order valence-electron chi connectivity index (χ0n) is 12.4. The van der Waals surface area contributed by atoms with Gasteiger partial charge >= 0.3 is 0 Å². The fourth-order valence-corrected chi connectivity index (χ4v) is 3.61. The van der Waals surface area contributed by atoms with E-state index in [4.69, 9.17) is 10.5 Å². The van der Waals surface area contributed by atoms with Crippen molar-refractivity contribution in [3.05, 3.63) is 47.8 Å². The summed E-state index contributed by atoms with van der Waals surface area (Å²) in [5.74, 6) is 0.973. The molecule has 1 spiro atoms. The first-order chi connectivity index (χ1) is 10.2. The van der Waals surface area contributed by atoms with Crippen molar-refractivity contribution in [2.75, 3.05) is 20.1 Å². The van der Waals surface area contributed by atoms with E-state index in [0.717, 1.165) is 43.1 Å². The van der Waals surface area contributed by atoms with Gasteiger partial charge in [-0.25, -0.2) is 0 Å². The maximum atomic E-state index is 6.50. The molecule has 1 fully saturated rings. The van der Waals surface area contributed by atoms with Gasteiger partial charge in [0.2, 0.25) is 0 Å². The Kier molecular flexibility index (Phi) is 2.84. The largest absolute Gasteiger partial charge is 0.479 e. The van der Waals surface area contributed by atoms with Gasteiger partial charge in [0.15, 0.2) is 5.60 Å². The molecule has 0 bridgehead atoms. The topological polar surface area (TPSA) is 43.4 Å². The summed E-state index contributed by atoms with van der Waals surface area (Å²) in [4.78, 5) is 2.37. The van der Waals surface area contributed by atoms with E-state index in [0.29, 0.717) is 6.54 Å². The molecule has 4 heteroatoms. The number of nitrogens with zero attached hydrogens (tertiary/aromatic N) is 2. The van der Waals surface area contributed by atoms with Crippen LogP contribution in [0.2, 0.25) is 0 Å². The van der Waals surface area contributed by atoms with Crippen LogP contribution in [0.15, 0.2) is 36.4 Å². The van der Waals surface area contributed by atoms with E-state index >= 15 is 0 Å². The number of benzene rings is 1. The highest BCUT2D eigenvalue weighted by molar-refractivity contribution is 5.53. The summed E-state index contributed by atoms with van der Waals surface area (Å²) in [7, 11) is 2.17. The van der Waals surface area contributed by atoms with Crippen LogP contribution in [0.25, 0.3) is 5.69 Å². The lowest BCUT2D eigenvalue weighted by Gasteiger charge is -2.44. The maximum absolute atomic E-state index is 6.50. The van der Waals surface area contributed by atoms with Crippen LogP contribution in [0.3, 0.4) is 0 Å². The SMILES string of the molecule is CN1CCC2(CC1)Oc1ccccc1-n1c(CN)ccc12. The second kappa shape index (κ2) is 4.61. The molecule has 21 heavy (non-hydrogen) atoms. The molecule has 2 aromatic rings. The van der Waals surface area contributed by atoms with E-state index in [2.05, 4.69) is 46.8 Å². The van der Waals surface area contributed by atoms with Gasteiger partial charge in [-0.1, -0.05) is 12.1 Å². The predicted octanol–water partition coefficient (Wildman–Crippen LogP) is 2.25. The average molecular weight is 283 g/mol. The Labute approximate surface area is 125 Å². The number of nitrogens with two attached hydrogens (primary N) is 1. The maximum Gasteiger partial charge on any atom is 0.152 e. The Bertz CT molecular complexity index is 668. The average Bonchev–Trinajstić information content (AvgIpc) is 2.96. The Morgan fingerprint density at radius 2 is 1.90 bits per heavy atom. The van der Waals surface area contributed by atoms with Crippen molar-refractivity contribution < 1.29 is 4.74 Å². The summed E-state index contributed by atoms with van der Waals surface area (Å²) < 4.78 is 8.81. The third-order valence-corrected chi connectivity index (χ3v) is 4.84. The zero-order chi connectivity index (χ0) is 14.4. The van der Waals surface area contributed by atoms with Crippen molar-refractivity contribution >= 4 is 0 Å².